The average Bonchev–Trinajstić information content (AvgIpc) is 2.09. The van der Waals surface area contributed by atoms with Crippen molar-refractivity contribution in [2.45, 2.75) is 33.3 Å². The van der Waals surface area contributed by atoms with Crippen LogP contribution in [0.4, 0.5) is 5.69 Å². The van der Waals surface area contributed by atoms with E-state index in [1.165, 1.54) is 5.56 Å². The molecule has 0 radical (unpaired) electrons. The van der Waals surface area contributed by atoms with Gasteiger partial charge in [-0.05, 0) is 51.5 Å². The number of ether oxygens (including phenoxy) is 1. The zero-order valence-electron chi connectivity index (χ0n) is 10.4. The van der Waals surface area contributed by atoms with E-state index < -0.39 is 0 Å². The molecule has 0 saturated carbocycles. The summed E-state index contributed by atoms with van der Waals surface area (Å²) >= 11 is 3.48. The number of anilines is 1. The Balaban J connectivity index is 2.37. The number of aryl methyl sites for hydroxylation is 1. The van der Waals surface area contributed by atoms with Gasteiger partial charge in [-0.25, -0.2) is 0 Å². The Hall–Kier alpha value is -0.540. The van der Waals surface area contributed by atoms with Gasteiger partial charge in [-0.3, -0.25) is 0 Å². The Kier molecular flexibility index (Phi) is 4.81. The maximum absolute atomic E-state index is 5.64. The van der Waals surface area contributed by atoms with Gasteiger partial charge < -0.3 is 10.1 Å². The molecule has 16 heavy (non-hydrogen) atoms. The standard InChI is InChI=1S/C13H20BrNO/c1-10-7-11(14)9-12(8-10)15-5-6-16-13(2,3)4/h7-9,15H,5-6H2,1-4H3. The Morgan fingerprint density at radius 2 is 1.94 bits per heavy atom. The number of hydrogen-bond donors (Lipinski definition) is 1. The minimum absolute atomic E-state index is 0.0606. The Labute approximate surface area is 107 Å². The summed E-state index contributed by atoms with van der Waals surface area (Å²) in [5.41, 5.74) is 2.31. The lowest BCUT2D eigenvalue weighted by molar-refractivity contribution is 0.00333. The predicted octanol–water partition coefficient (Wildman–Crippen LogP) is 3.98. The lowest BCUT2D eigenvalue weighted by atomic mass is 10.2. The van der Waals surface area contributed by atoms with Crippen LogP contribution in [-0.4, -0.2) is 18.8 Å². The maximum atomic E-state index is 5.64. The summed E-state index contributed by atoms with van der Waals surface area (Å²) in [7, 11) is 0. The molecule has 0 unspecified atom stereocenters. The third-order valence-electron chi connectivity index (χ3n) is 2.01. The van der Waals surface area contributed by atoms with Crippen LogP contribution in [0.2, 0.25) is 0 Å². The van der Waals surface area contributed by atoms with Gasteiger partial charge in [0.05, 0.1) is 12.2 Å². The molecule has 0 bridgehead atoms. The molecule has 0 heterocycles. The van der Waals surface area contributed by atoms with Crippen LogP contribution in [0.5, 0.6) is 0 Å². The highest BCUT2D eigenvalue weighted by molar-refractivity contribution is 9.10. The van der Waals surface area contributed by atoms with Crippen molar-refractivity contribution in [1.82, 2.24) is 0 Å². The fourth-order valence-electron chi connectivity index (χ4n) is 1.39. The minimum atomic E-state index is -0.0606. The van der Waals surface area contributed by atoms with E-state index in [1.807, 2.05) is 0 Å². The highest BCUT2D eigenvalue weighted by Crippen LogP contribution is 2.18. The lowest BCUT2D eigenvalue weighted by Crippen LogP contribution is -2.23. The van der Waals surface area contributed by atoms with Gasteiger partial charge in [0.2, 0.25) is 0 Å². The quantitative estimate of drug-likeness (QED) is 0.845. The summed E-state index contributed by atoms with van der Waals surface area (Å²) in [6, 6.07) is 6.29. The molecule has 1 rings (SSSR count). The molecule has 0 aromatic heterocycles. The smallest absolute Gasteiger partial charge is 0.0646 e. The molecule has 0 aliphatic carbocycles. The molecule has 0 atom stereocenters. The van der Waals surface area contributed by atoms with Gasteiger partial charge in [-0.2, -0.15) is 0 Å². The lowest BCUT2D eigenvalue weighted by Gasteiger charge is -2.19. The summed E-state index contributed by atoms with van der Waals surface area (Å²) in [6.45, 7) is 9.83. The van der Waals surface area contributed by atoms with Crippen LogP contribution < -0.4 is 5.32 Å². The average molecular weight is 286 g/mol. The Bertz CT molecular complexity index is 324. The van der Waals surface area contributed by atoms with Gasteiger partial charge in [0.1, 0.15) is 0 Å². The van der Waals surface area contributed by atoms with Crippen molar-refractivity contribution in [3.8, 4) is 0 Å². The molecule has 90 valence electrons. The van der Waals surface area contributed by atoms with E-state index in [-0.39, 0.29) is 5.60 Å². The van der Waals surface area contributed by atoms with Crippen molar-refractivity contribution in [2.24, 2.45) is 0 Å². The number of halogens is 1. The van der Waals surface area contributed by atoms with Crippen LogP contribution in [0.25, 0.3) is 0 Å². The summed E-state index contributed by atoms with van der Waals surface area (Å²) in [6.07, 6.45) is 0. The third-order valence-corrected chi connectivity index (χ3v) is 2.47. The largest absolute Gasteiger partial charge is 0.383 e. The van der Waals surface area contributed by atoms with Crippen LogP contribution in [0, 0.1) is 6.92 Å². The zero-order valence-corrected chi connectivity index (χ0v) is 12.0. The van der Waals surface area contributed by atoms with Crippen LogP contribution in [0.1, 0.15) is 26.3 Å². The first-order chi connectivity index (χ1) is 7.37. The molecule has 1 aromatic rings. The summed E-state index contributed by atoms with van der Waals surface area (Å²) in [5, 5.41) is 3.34. The number of hydrogen-bond acceptors (Lipinski definition) is 2. The zero-order chi connectivity index (χ0) is 12.2. The van der Waals surface area contributed by atoms with Gasteiger partial charge in [0, 0.05) is 16.7 Å². The molecule has 1 aromatic carbocycles. The number of benzene rings is 1. The maximum Gasteiger partial charge on any atom is 0.0646 e. The SMILES string of the molecule is Cc1cc(Br)cc(NCCOC(C)(C)C)c1. The van der Waals surface area contributed by atoms with Crippen molar-refractivity contribution >= 4 is 21.6 Å². The van der Waals surface area contributed by atoms with Gasteiger partial charge in [-0.15, -0.1) is 0 Å². The van der Waals surface area contributed by atoms with Crippen molar-refractivity contribution in [3.05, 3.63) is 28.2 Å². The summed E-state index contributed by atoms with van der Waals surface area (Å²) in [4.78, 5) is 0. The van der Waals surface area contributed by atoms with Gasteiger partial charge in [0.25, 0.3) is 0 Å². The normalized spacial score (nSPS) is 11.6. The van der Waals surface area contributed by atoms with E-state index in [0.717, 1.165) is 23.3 Å². The summed E-state index contributed by atoms with van der Waals surface area (Å²) < 4.78 is 6.74. The monoisotopic (exact) mass is 285 g/mol. The molecule has 0 spiro atoms. The van der Waals surface area contributed by atoms with Crippen LogP contribution in [0.15, 0.2) is 22.7 Å². The van der Waals surface area contributed by atoms with Crippen LogP contribution in [-0.2, 0) is 4.74 Å². The fourth-order valence-corrected chi connectivity index (χ4v) is 2.00. The van der Waals surface area contributed by atoms with Gasteiger partial charge >= 0.3 is 0 Å². The molecule has 0 aliphatic heterocycles. The second-order valence-corrected chi connectivity index (χ2v) is 5.82. The molecule has 0 saturated heterocycles. The topological polar surface area (TPSA) is 21.3 Å². The Morgan fingerprint density at radius 1 is 1.25 bits per heavy atom. The van der Waals surface area contributed by atoms with E-state index in [4.69, 9.17) is 4.74 Å². The first-order valence-corrected chi connectivity index (χ1v) is 6.31. The molecular formula is C13H20BrNO. The van der Waals surface area contributed by atoms with E-state index in [0.29, 0.717) is 0 Å². The first-order valence-electron chi connectivity index (χ1n) is 5.52. The van der Waals surface area contributed by atoms with Crippen molar-refractivity contribution < 1.29 is 4.74 Å². The summed E-state index contributed by atoms with van der Waals surface area (Å²) in [5.74, 6) is 0. The molecule has 0 amide bonds. The first kappa shape index (κ1) is 13.5. The third kappa shape index (κ3) is 5.52. The molecule has 1 N–H and O–H groups in total. The highest BCUT2D eigenvalue weighted by Gasteiger charge is 2.08. The van der Waals surface area contributed by atoms with Crippen LogP contribution >= 0.6 is 15.9 Å². The van der Waals surface area contributed by atoms with Gasteiger partial charge in [0.15, 0.2) is 0 Å². The predicted molar refractivity (Wildman–Crippen MR) is 73.1 cm³/mol. The van der Waals surface area contributed by atoms with Crippen molar-refractivity contribution in [2.75, 3.05) is 18.5 Å². The minimum Gasteiger partial charge on any atom is -0.383 e. The molecule has 2 nitrogen and oxygen atoms in total. The van der Waals surface area contributed by atoms with E-state index >= 15 is 0 Å². The van der Waals surface area contributed by atoms with E-state index in [2.05, 4.69) is 67.1 Å². The second kappa shape index (κ2) is 5.69. The second-order valence-electron chi connectivity index (χ2n) is 4.90. The molecular weight excluding hydrogens is 266 g/mol. The molecule has 0 aliphatic rings. The number of nitrogens with one attached hydrogen (secondary N) is 1. The van der Waals surface area contributed by atoms with Crippen molar-refractivity contribution in [1.29, 1.82) is 0 Å². The highest BCUT2D eigenvalue weighted by atomic mass is 79.9. The molecule has 3 heteroatoms. The molecule has 0 fully saturated rings. The van der Waals surface area contributed by atoms with E-state index in [9.17, 15) is 0 Å². The fraction of sp³-hybridized carbons (Fsp3) is 0.538. The Morgan fingerprint density at radius 3 is 2.50 bits per heavy atom. The van der Waals surface area contributed by atoms with Crippen molar-refractivity contribution in [3.63, 3.8) is 0 Å². The van der Waals surface area contributed by atoms with Crippen LogP contribution in [0.3, 0.4) is 0 Å². The van der Waals surface area contributed by atoms with Gasteiger partial charge in [-0.1, -0.05) is 15.9 Å². The number of rotatable bonds is 4. The van der Waals surface area contributed by atoms with E-state index in [1.54, 1.807) is 0 Å².